The van der Waals surface area contributed by atoms with Crippen LogP contribution in [-0.2, 0) is 6.54 Å². The van der Waals surface area contributed by atoms with Crippen molar-refractivity contribution in [1.82, 2.24) is 9.78 Å². The molecule has 100 valence electrons. The Bertz CT molecular complexity index is 605. The van der Waals surface area contributed by atoms with Crippen LogP contribution in [0.4, 0.5) is 0 Å². The summed E-state index contributed by atoms with van der Waals surface area (Å²) in [5.41, 5.74) is 1.99. The van der Waals surface area contributed by atoms with E-state index in [0.717, 1.165) is 11.3 Å². The molecule has 0 bridgehead atoms. The van der Waals surface area contributed by atoms with Crippen molar-refractivity contribution >= 4 is 17.6 Å². The van der Waals surface area contributed by atoms with Crippen molar-refractivity contribution in [2.45, 2.75) is 26.3 Å². The second kappa shape index (κ2) is 5.45. The highest BCUT2D eigenvalue weighted by Gasteiger charge is 2.19. The highest BCUT2D eigenvalue weighted by molar-refractivity contribution is 6.30. The number of aromatic carboxylic acids is 1. The zero-order chi connectivity index (χ0) is 14.0. The molecule has 0 fully saturated rings. The van der Waals surface area contributed by atoms with Crippen LogP contribution in [0.2, 0.25) is 5.02 Å². The molecule has 2 aromatic rings. The van der Waals surface area contributed by atoms with Gasteiger partial charge in [0.2, 0.25) is 0 Å². The van der Waals surface area contributed by atoms with Crippen molar-refractivity contribution in [2.75, 3.05) is 0 Å². The van der Waals surface area contributed by atoms with Crippen molar-refractivity contribution in [3.05, 3.63) is 52.3 Å². The lowest BCUT2D eigenvalue weighted by molar-refractivity contribution is 0.0695. The van der Waals surface area contributed by atoms with Gasteiger partial charge in [0.05, 0.1) is 18.4 Å². The quantitative estimate of drug-likeness (QED) is 0.932. The third kappa shape index (κ3) is 2.96. The normalized spacial score (nSPS) is 10.9. The van der Waals surface area contributed by atoms with E-state index in [2.05, 4.69) is 5.10 Å². The molecule has 0 aliphatic carbocycles. The summed E-state index contributed by atoms with van der Waals surface area (Å²) >= 11 is 5.95. The van der Waals surface area contributed by atoms with E-state index in [0.29, 0.717) is 11.6 Å². The predicted molar refractivity (Wildman–Crippen MR) is 73.8 cm³/mol. The van der Waals surface area contributed by atoms with Crippen molar-refractivity contribution < 1.29 is 9.90 Å². The summed E-state index contributed by atoms with van der Waals surface area (Å²) in [7, 11) is 0. The van der Waals surface area contributed by atoms with Crippen LogP contribution >= 0.6 is 11.6 Å². The molecular formula is C14H15ClN2O2. The Hall–Kier alpha value is -1.81. The van der Waals surface area contributed by atoms with Crippen molar-refractivity contribution in [3.8, 4) is 0 Å². The number of halogens is 1. The first-order chi connectivity index (χ1) is 8.99. The summed E-state index contributed by atoms with van der Waals surface area (Å²) in [6.45, 7) is 4.43. The summed E-state index contributed by atoms with van der Waals surface area (Å²) in [5.74, 6) is -0.853. The van der Waals surface area contributed by atoms with E-state index in [4.69, 9.17) is 16.7 Å². The lowest BCUT2D eigenvalue weighted by Gasteiger charge is -2.11. The maximum Gasteiger partial charge on any atom is 0.339 e. The maximum atomic E-state index is 11.2. The molecule has 19 heavy (non-hydrogen) atoms. The van der Waals surface area contributed by atoms with Crippen LogP contribution in [0.3, 0.4) is 0 Å². The van der Waals surface area contributed by atoms with Crippen LogP contribution in [0, 0.1) is 0 Å². The molecule has 0 aliphatic heterocycles. The summed E-state index contributed by atoms with van der Waals surface area (Å²) in [6.07, 6.45) is 1.40. The maximum absolute atomic E-state index is 11.2. The van der Waals surface area contributed by atoms with E-state index in [-0.39, 0.29) is 11.5 Å². The molecule has 0 amide bonds. The molecule has 0 saturated carbocycles. The minimum absolute atomic E-state index is 0.0905. The smallest absolute Gasteiger partial charge is 0.339 e. The monoisotopic (exact) mass is 278 g/mol. The first-order valence-corrected chi connectivity index (χ1v) is 6.40. The minimum atomic E-state index is -0.943. The molecule has 0 spiro atoms. The number of hydrogen-bond acceptors (Lipinski definition) is 2. The van der Waals surface area contributed by atoms with E-state index >= 15 is 0 Å². The number of benzene rings is 1. The Balaban J connectivity index is 2.38. The standard InChI is InChI=1S/C14H15ClN2O2/c1-9(2)13-12(14(18)19)7-16-17(13)8-10-4-3-5-11(15)6-10/h3-7,9H,8H2,1-2H3,(H,18,19). The van der Waals surface area contributed by atoms with Crippen molar-refractivity contribution in [2.24, 2.45) is 0 Å². The molecule has 1 aromatic heterocycles. The Labute approximate surface area is 116 Å². The molecule has 2 rings (SSSR count). The van der Waals surface area contributed by atoms with Crippen LogP contribution in [0.25, 0.3) is 0 Å². The van der Waals surface area contributed by atoms with Gasteiger partial charge in [-0.25, -0.2) is 4.79 Å². The van der Waals surface area contributed by atoms with Gasteiger partial charge >= 0.3 is 5.97 Å². The average molecular weight is 279 g/mol. The average Bonchev–Trinajstić information content (AvgIpc) is 2.73. The number of carboxylic acid groups (broad SMARTS) is 1. The number of rotatable bonds is 4. The molecule has 0 saturated heterocycles. The van der Waals surface area contributed by atoms with E-state index in [1.807, 2.05) is 32.0 Å². The van der Waals surface area contributed by atoms with Gasteiger partial charge < -0.3 is 5.11 Å². The molecule has 4 nitrogen and oxygen atoms in total. The summed E-state index contributed by atoms with van der Waals surface area (Å²) in [5, 5.41) is 14.0. The van der Waals surface area contributed by atoms with E-state index < -0.39 is 5.97 Å². The number of hydrogen-bond donors (Lipinski definition) is 1. The number of nitrogens with zero attached hydrogens (tertiary/aromatic N) is 2. The van der Waals surface area contributed by atoms with E-state index in [1.165, 1.54) is 6.20 Å². The Morgan fingerprint density at radius 1 is 1.47 bits per heavy atom. The first-order valence-electron chi connectivity index (χ1n) is 6.02. The molecule has 0 aliphatic rings. The van der Waals surface area contributed by atoms with Crippen LogP contribution in [-0.4, -0.2) is 20.9 Å². The minimum Gasteiger partial charge on any atom is -0.478 e. The zero-order valence-corrected chi connectivity index (χ0v) is 11.6. The van der Waals surface area contributed by atoms with Crippen molar-refractivity contribution in [3.63, 3.8) is 0 Å². The molecule has 0 atom stereocenters. The Morgan fingerprint density at radius 2 is 2.21 bits per heavy atom. The highest BCUT2D eigenvalue weighted by atomic mass is 35.5. The second-order valence-electron chi connectivity index (χ2n) is 4.69. The van der Waals surface area contributed by atoms with Gasteiger partial charge in [-0.3, -0.25) is 4.68 Å². The highest BCUT2D eigenvalue weighted by Crippen LogP contribution is 2.21. The zero-order valence-electron chi connectivity index (χ0n) is 10.8. The second-order valence-corrected chi connectivity index (χ2v) is 5.13. The van der Waals surface area contributed by atoms with Gasteiger partial charge in [0.15, 0.2) is 0 Å². The molecule has 1 heterocycles. The van der Waals surface area contributed by atoms with Crippen LogP contribution < -0.4 is 0 Å². The van der Waals surface area contributed by atoms with Gasteiger partial charge in [-0.15, -0.1) is 0 Å². The Kier molecular flexibility index (Phi) is 3.90. The predicted octanol–water partition coefficient (Wildman–Crippen LogP) is 3.41. The third-order valence-corrected chi connectivity index (χ3v) is 3.11. The van der Waals surface area contributed by atoms with Gasteiger partial charge in [-0.05, 0) is 23.6 Å². The largest absolute Gasteiger partial charge is 0.478 e. The molecule has 1 aromatic carbocycles. The van der Waals surface area contributed by atoms with Gasteiger partial charge in [-0.2, -0.15) is 5.10 Å². The summed E-state index contributed by atoms with van der Waals surface area (Å²) < 4.78 is 1.72. The van der Waals surface area contributed by atoms with E-state index in [9.17, 15) is 4.79 Å². The lowest BCUT2D eigenvalue weighted by atomic mass is 10.1. The van der Waals surface area contributed by atoms with E-state index in [1.54, 1.807) is 10.7 Å². The van der Waals surface area contributed by atoms with Crippen molar-refractivity contribution in [1.29, 1.82) is 0 Å². The van der Waals surface area contributed by atoms with Gasteiger partial charge in [-0.1, -0.05) is 37.6 Å². The number of carboxylic acids is 1. The Morgan fingerprint density at radius 3 is 2.79 bits per heavy atom. The number of aromatic nitrogens is 2. The summed E-state index contributed by atoms with van der Waals surface area (Å²) in [6, 6.07) is 7.47. The van der Waals surface area contributed by atoms with Crippen LogP contribution in [0.15, 0.2) is 30.5 Å². The fourth-order valence-corrected chi connectivity index (χ4v) is 2.32. The molecule has 1 N–H and O–H groups in total. The third-order valence-electron chi connectivity index (χ3n) is 2.88. The SMILES string of the molecule is CC(C)c1c(C(=O)O)cnn1Cc1cccc(Cl)c1. The first kappa shape index (κ1) is 13.6. The van der Waals surface area contributed by atoms with Crippen LogP contribution in [0.1, 0.15) is 41.4 Å². The molecule has 5 heteroatoms. The van der Waals surface area contributed by atoms with Crippen LogP contribution in [0.5, 0.6) is 0 Å². The molecular weight excluding hydrogens is 264 g/mol. The summed E-state index contributed by atoms with van der Waals surface area (Å²) in [4.78, 5) is 11.2. The van der Waals surface area contributed by atoms with Gasteiger partial charge in [0, 0.05) is 5.02 Å². The van der Waals surface area contributed by atoms with Gasteiger partial charge in [0.25, 0.3) is 0 Å². The number of carbonyl (C=O) groups is 1. The molecule has 0 radical (unpaired) electrons. The molecule has 0 unspecified atom stereocenters. The fourth-order valence-electron chi connectivity index (χ4n) is 2.10. The fraction of sp³-hybridized carbons (Fsp3) is 0.286. The lowest BCUT2D eigenvalue weighted by Crippen LogP contribution is -2.10. The topological polar surface area (TPSA) is 55.1 Å². The van der Waals surface area contributed by atoms with Gasteiger partial charge in [0.1, 0.15) is 5.56 Å².